The molecule has 2 rings (SSSR count). The number of anilines is 1. The Morgan fingerprint density at radius 2 is 2.38 bits per heavy atom. The van der Waals surface area contributed by atoms with E-state index in [0.717, 1.165) is 5.56 Å². The summed E-state index contributed by atoms with van der Waals surface area (Å²) in [5, 5.41) is 2.91. The van der Waals surface area contributed by atoms with Crippen LogP contribution >= 0.6 is 0 Å². The number of alkyl halides is 1. The second kappa shape index (κ2) is 2.96. The lowest BCUT2D eigenvalue weighted by Gasteiger charge is -2.35. The number of nitrogens with one attached hydrogen (secondary N) is 1. The van der Waals surface area contributed by atoms with E-state index in [4.69, 9.17) is 5.73 Å². The summed E-state index contributed by atoms with van der Waals surface area (Å²) in [6, 6.07) is 1.70. The molecular weight excluding hydrogens is 169 g/mol. The lowest BCUT2D eigenvalue weighted by molar-refractivity contribution is 0.0913. The number of halogens is 1. The molecule has 1 aromatic rings. The number of aromatic nitrogens is 1. The van der Waals surface area contributed by atoms with Crippen molar-refractivity contribution in [1.29, 1.82) is 0 Å². The van der Waals surface area contributed by atoms with E-state index in [1.54, 1.807) is 18.5 Å². The minimum absolute atomic E-state index is 0.361. The van der Waals surface area contributed by atoms with Gasteiger partial charge in [-0.15, -0.1) is 0 Å². The van der Waals surface area contributed by atoms with Crippen LogP contribution in [-0.2, 0) is 6.42 Å². The number of pyridine rings is 1. The number of nitrogens with zero attached hydrogens (tertiary/aromatic N) is 1. The molecular formula is C9H12FN3. The van der Waals surface area contributed by atoms with E-state index in [2.05, 4.69) is 10.3 Å². The molecule has 0 aromatic carbocycles. The summed E-state index contributed by atoms with van der Waals surface area (Å²) in [5.41, 5.74) is 5.99. The van der Waals surface area contributed by atoms with Crippen LogP contribution in [0.2, 0.25) is 0 Å². The van der Waals surface area contributed by atoms with E-state index in [-0.39, 0.29) is 0 Å². The fourth-order valence-electron chi connectivity index (χ4n) is 1.45. The molecule has 70 valence electrons. The fourth-order valence-corrected chi connectivity index (χ4v) is 1.45. The van der Waals surface area contributed by atoms with Crippen LogP contribution in [0.1, 0.15) is 5.56 Å². The van der Waals surface area contributed by atoms with Crippen molar-refractivity contribution in [3.8, 4) is 0 Å². The number of rotatable bonds is 2. The highest BCUT2D eigenvalue weighted by Gasteiger charge is 2.37. The molecule has 0 radical (unpaired) electrons. The van der Waals surface area contributed by atoms with Gasteiger partial charge >= 0.3 is 0 Å². The van der Waals surface area contributed by atoms with E-state index >= 15 is 0 Å². The number of hydrogen-bond donors (Lipinski definition) is 2. The van der Waals surface area contributed by atoms with Gasteiger partial charge in [0.2, 0.25) is 0 Å². The SMILES string of the molecule is Nc1ccncc1CC1(F)CNC1. The Kier molecular flexibility index (Phi) is 1.92. The molecule has 3 nitrogen and oxygen atoms in total. The third kappa shape index (κ3) is 1.62. The summed E-state index contributed by atoms with van der Waals surface area (Å²) in [5.74, 6) is 0. The molecule has 0 amide bonds. The monoisotopic (exact) mass is 181 g/mol. The van der Waals surface area contributed by atoms with Crippen molar-refractivity contribution >= 4 is 5.69 Å². The molecule has 0 spiro atoms. The molecule has 3 N–H and O–H groups in total. The van der Waals surface area contributed by atoms with E-state index in [9.17, 15) is 4.39 Å². The van der Waals surface area contributed by atoms with E-state index in [0.29, 0.717) is 25.2 Å². The highest BCUT2D eigenvalue weighted by Crippen LogP contribution is 2.24. The zero-order valence-corrected chi connectivity index (χ0v) is 7.26. The topological polar surface area (TPSA) is 50.9 Å². The van der Waals surface area contributed by atoms with Gasteiger partial charge < -0.3 is 11.1 Å². The third-order valence-electron chi connectivity index (χ3n) is 2.33. The van der Waals surface area contributed by atoms with Crippen LogP contribution in [0.15, 0.2) is 18.5 Å². The smallest absolute Gasteiger partial charge is 0.139 e. The second-order valence-corrected chi connectivity index (χ2v) is 3.51. The first-order valence-electron chi connectivity index (χ1n) is 4.28. The molecule has 0 atom stereocenters. The van der Waals surface area contributed by atoms with Crippen molar-refractivity contribution in [3.05, 3.63) is 24.0 Å². The Balaban J connectivity index is 2.13. The highest BCUT2D eigenvalue weighted by molar-refractivity contribution is 5.45. The first kappa shape index (κ1) is 8.44. The molecule has 0 unspecified atom stereocenters. The molecule has 0 saturated carbocycles. The minimum atomic E-state index is -1.11. The largest absolute Gasteiger partial charge is 0.398 e. The van der Waals surface area contributed by atoms with Gasteiger partial charge in [0.1, 0.15) is 5.67 Å². The zero-order valence-electron chi connectivity index (χ0n) is 7.26. The first-order valence-corrected chi connectivity index (χ1v) is 4.28. The summed E-state index contributed by atoms with van der Waals surface area (Å²) in [6.07, 6.45) is 3.61. The average molecular weight is 181 g/mol. The standard InChI is InChI=1S/C9H12FN3/c10-9(5-13-6-9)3-7-4-12-2-1-8(7)11/h1-2,4,13H,3,5-6H2,(H2,11,12). The second-order valence-electron chi connectivity index (χ2n) is 3.51. The van der Waals surface area contributed by atoms with Crippen molar-refractivity contribution in [3.63, 3.8) is 0 Å². The van der Waals surface area contributed by atoms with Gasteiger partial charge in [-0.05, 0) is 11.6 Å². The molecule has 0 bridgehead atoms. The molecule has 2 heterocycles. The lowest BCUT2D eigenvalue weighted by atomic mass is 9.91. The lowest BCUT2D eigenvalue weighted by Crippen LogP contribution is -2.57. The summed E-state index contributed by atoms with van der Waals surface area (Å²) in [4.78, 5) is 3.92. The number of hydrogen-bond acceptors (Lipinski definition) is 3. The fraction of sp³-hybridized carbons (Fsp3) is 0.444. The van der Waals surface area contributed by atoms with Gasteiger partial charge in [-0.3, -0.25) is 4.98 Å². The molecule has 1 aromatic heterocycles. The first-order chi connectivity index (χ1) is 6.20. The van der Waals surface area contributed by atoms with Crippen LogP contribution in [0.3, 0.4) is 0 Å². The maximum absolute atomic E-state index is 13.6. The Morgan fingerprint density at radius 1 is 1.62 bits per heavy atom. The quantitative estimate of drug-likeness (QED) is 0.699. The molecule has 1 fully saturated rings. The van der Waals surface area contributed by atoms with Crippen LogP contribution in [-0.4, -0.2) is 23.7 Å². The molecule has 0 aliphatic carbocycles. The van der Waals surface area contributed by atoms with Crippen molar-refractivity contribution in [2.75, 3.05) is 18.8 Å². The Morgan fingerprint density at radius 3 is 2.92 bits per heavy atom. The van der Waals surface area contributed by atoms with Crippen molar-refractivity contribution < 1.29 is 4.39 Å². The minimum Gasteiger partial charge on any atom is -0.398 e. The Bertz CT molecular complexity index is 309. The van der Waals surface area contributed by atoms with Gasteiger partial charge in [-0.2, -0.15) is 0 Å². The molecule has 4 heteroatoms. The van der Waals surface area contributed by atoms with Gasteiger partial charge in [0, 0.05) is 37.6 Å². The summed E-state index contributed by atoms with van der Waals surface area (Å²) < 4.78 is 13.6. The van der Waals surface area contributed by atoms with Gasteiger partial charge in [-0.25, -0.2) is 4.39 Å². The molecule has 1 saturated heterocycles. The maximum atomic E-state index is 13.6. The van der Waals surface area contributed by atoms with Crippen LogP contribution in [0.4, 0.5) is 10.1 Å². The van der Waals surface area contributed by atoms with Crippen molar-refractivity contribution in [1.82, 2.24) is 10.3 Å². The molecule has 1 aliphatic rings. The van der Waals surface area contributed by atoms with Gasteiger partial charge in [-0.1, -0.05) is 0 Å². The summed E-state index contributed by atoms with van der Waals surface area (Å²) >= 11 is 0. The van der Waals surface area contributed by atoms with Gasteiger partial charge in [0.25, 0.3) is 0 Å². The molecule has 1 aliphatic heterocycles. The van der Waals surface area contributed by atoms with Crippen LogP contribution in [0.25, 0.3) is 0 Å². The summed E-state index contributed by atoms with van der Waals surface area (Å²) in [7, 11) is 0. The van der Waals surface area contributed by atoms with Crippen LogP contribution < -0.4 is 11.1 Å². The van der Waals surface area contributed by atoms with Gasteiger partial charge in [0.15, 0.2) is 0 Å². The normalized spacial score (nSPS) is 19.5. The van der Waals surface area contributed by atoms with Crippen LogP contribution in [0.5, 0.6) is 0 Å². The Hall–Kier alpha value is -1.16. The number of nitrogens with two attached hydrogens (primary N) is 1. The average Bonchev–Trinajstić information content (AvgIpc) is 2.06. The maximum Gasteiger partial charge on any atom is 0.139 e. The van der Waals surface area contributed by atoms with E-state index < -0.39 is 5.67 Å². The van der Waals surface area contributed by atoms with Crippen molar-refractivity contribution in [2.45, 2.75) is 12.1 Å². The van der Waals surface area contributed by atoms with Crippen molar-refractivity contribution in [2.24, 2.45) is 0 Å². The molecule has 13 heavy (non-hydrogen) atoms. The van der Waals surface area contributed by atoms with E-state index in [1.165, 1.54) is 0 Å². The Labute approximate surface area is 76.2 Å². The predicted octanol–water partition coefficient (Wildman–Crippen LogP) is 0.518. The number of nitrogen functional groups attached to an aromatic ring is 1. The highest BCUT2D eigenvalue weighted by atomic mass is 19.1. The zero-order chi connectivity index (χ0) is 9.31. The van der Waals surface area contributed by atoms with E-state index in [1.807, 2.05) is 0 Å². The van der Waals surface area contributed by atoms with Gasteiger partial charge in [0.05, 0.1) is 0 Å². The predicted molar refractivity (Wildman–Crippen MR) is 49.1 cm³/mol. The summed E-state index contributed by atoms with van der Waals surface area (Å²) in [6.45, 7) is 0.836. The third-order valence-corrected chi connectivity index (χ3v) is 2.33. The van der Waals surface area contributed by atoms with Crippen LogP contribution in [0, 0.1) is 0 Å².